The van der Waals surface area contributed by atoms with Gasteiger partial charge in [0.05, 0.1) is 11.4 Å². The van der Waals surface area contributed by atoms with E-state index >= 15 is 0 Å². The summed E-state index contributed by atoms with van der Waals surface area (Å²) in [5, 5.41) is 11.3. The van der Waals surface area contributed by atoms with Gasteiger partial charge in [-0.25, -0.2) is 4.68 Å². The van der Waals surface area contributed by atoms with Crippen LogP contribution in [0.25, 0.3) is 5.69 Å². The minimum Gasteiger partial charge on any atom is -0.350 e. The molecule has 6 nitrogen and oxygen atoms in total. The number of nitrogens with zero attached hydrogens (tertiary/aromatic N) is 3. The molecule has 3 rings (SSSR count). The Morgan fingerprint density at radius 2 is 2.13 bits per heavy atom. The molecule has 1 aromatic carbocycles. The minimum atomic E-state index is -0.171. The minimum absolute atomic E-state index is 0.171. The van der Waals surface area contributed by atoms with Gasteiger partial charge in [-0.05, 0) is 49.6 Å². The number of hydrogen-bond donors (Lipinski definition) is 2. The molecule has 1 aromatic heterocycles. The zero-order chi connectivity index (χ0) is 16.4. The van der Waals surface area contributed by atoms with E-state index in [2.05, 4.69) is 31.6 Å². The van der Waals surface area contributed by atoms with Gasteiger partial charge in [-0.15, -0.1) is 5.10 Å². The summed E-state index contributed by atoms with van der Waals surface area (Å²) in [6.45, 7) is 3.09. The van der Waals surface area contributed by atoms with E-state index in [-0.39, 0.29) is 11.8 Å². The maximum Gasteiger partial charge on any atom is 0.273 e. The first-order valence-corrected chi connectivity index (χ1v) is 8.59. The molecule has 7 heteroatoms. The standard InChI is InChI=1S/C16H20BrN5O/c1-10(8-18)9-19-16(23)14-15(11-2-3-11)22(21-20-14)13-6-4-12(17)5-7-13/h4-7,10-11H,2-3,8-9,18H2,1H3,(H,19,23). The molecule has 122 valence electrons. The van der Waals surface area contributed by atoms with Crippen LogP contribution in [0.4, 0.5) is 0 Å². The Kier molecular flexibility index (Phi) is 4.77. The van der Waals surface area contributed by atoms with Crippen LogP contribution in [0, 0.1) is 5.92 Å². The highest BCUT2D eigenvalue weighted by Crippen LogP contribution is 2.42. The maximum atomic E-state index is 12.4. The van der Waals surface area contributed by atoms with Gasteiger partial charge in [0, 0.05) is 16.9 Å². The van der Waals surface area contributed by atoms with E-state index < -0.39 is 0 Å². The largest absolute Gasteiger partial charge is 0.350 e. The van der Waals surface area contributed by atoms with Crippen molar-refractivity contribution in [1.82, 2.24) is 20.3 Å². The third kappa shape index (κ3) is 3.61. The molecule has 0 saturated heterocycles. The van der Waals surface area contributed by atoms with Gasteiger partial charge < -0.3 is 11.1 Å². The molecule has 1 unspecified atom stereocenters. The fraction of sp³-hybridized carbons (Fsp3) is 0.438. The van der Waals surface area contributed by atoms with Crippen molar-refractivity contribution in [2.45, 2.75) is 25.7 Å². The fourth-order valence-electron chi connectivity index (χ4n) is 2.38. The van der Waals surface area contributed by atoms with E-state index in [1.54, 1.807) is 4.68 Å². The Labute approximate surface area is 143 Å². The van der Waals surface area contributed by atoms with Crippen molar-refractivity contribution >= 4 is 21.8 Å². The molecule has 1 amide bonds. The number of carbonyl (C=O) groups is 1. The highest BCUT2D eigenvalue weighted by Gasteiger charge is 2.34. The van der Waals surface area contributed by atoms with Crippen LogP contribution in [0.2, 0.25) is 0 Å². The molecule has 0 radical (unpaired) electrons. The van der Waals surface area contributed by atoms with Crippen LogP contribution in [0.1, 0.15) is 41.9 Å². The first kappa shape index (κ1) is 16.1. The Bertz CT molecular complexity index is 693. The first-order chi connectivity index (χ1) is 11.1. The molecule has 1 saturated carbocycles. The Hall–Kier alpha value is -1.73. The van der Waals surface area contributed by atoms with E-state index in [0.717, 1.165) is 28.7 Å². The number of halogens is 1. The Balaban J connectivity index is 1.87. The number of nitrogens with two attached hydrogens (primary N) is 1. The van der Waals surface area contributed by atoms with Gasteiger partial charge in [0.2, 0.25) is 0 Å². The average Bonchev–Trinajstić information content (AvgIpc) is 3.31. The molecule has 2 aromatic rings. The molecule has 1 atom stereocenters. The summed E-state index contributed by atoms with van der Waals surface area (Å²) in [7, 11) is 0. The van der Waals surface area contributed by atoms with Gasteiger partial charge in [0.1, 0.15) is 0 Å². The van der Waals surface area contributed by atoms with Crippen LogP contribution >= 0.6 is 15.9 Å². The van der Waals surface area contributed by atoms with Crippen LogP contribution in [-0.2, 0) is 0 Å². The van der Waals surface area contributed by atoms with Crippen LogP contribution in [0.3, 0.4) is 0 Å². The van der Waals surface area contributed by atoms with Crippen molar-refractivity contribution in [3.63, 3.8) is 0 Å². The van der Waals surface area contributed by atoms with Crippen molar-refractivity contribution in [2.75, 3.05) is 13.1 Å². The number of nitrogens with one attached hydrogen (secondary N) is 1. The number of aromatic nitrogens is 3. The van der Waals surface area contributed by atoms with Gasteiger partial charge in [-0.1, -0.05) is 28.1 Å². The molecule has 3 N–H and O–H groups in total. The van der Waals surface area contributed by atoms with E-state index in [4.69, 9.17) is 5.73 Å². The van der Waals surface area contributed by atoms with E-state index in [0.29, 0.717) is 24.7 Å². The summed E-state index contributed by atoms with van der Waals surface area (Å²) < 4.78 is 2.79. The fourth-order valence-corrected chi connectivity index (χ4v) is 2.65. The SMILES string of the molecule is CC(CN)CNC(=O)c1nnn(-c2ccc(Br)cc2)c1C1CC1. The molecule has 1 aliphatic rings. The van der Waals surface area contributed by atoms with Crippen molar-refractivity contribution in [2.24, 2.45) is 11.7 Å². The van der Waals surface area contributed by atoms with Crippen LogP contribution in [-0.4, -0.2) is 34.0 Å². The van der Waals surface area contributed by atoms with Gasteiger partial charge >= 0.3 is 0 Å². The second kappa shape index (κ2) is 6.80. The zero-order valence-electron chi connectivity index (χ0n) is 13.0. The number of rotatable bonds is 6. The summed E-state index contributed by atoms with van der Waals surface area (Å²) in [5.41, 5.74) is 7.84. The molecule has 1 heterocycles. The van der Waals surface area contributed by atoms with Gasteiger partial charge in [0.25, 0.3) is 5.91 Å². The molecule has 23 heavy (non-hydrogen) atoms. The average molecular weight is 378 g/mol. The lowest BCUT2D eigenvalue weighted by molar-refractivity contribution is 0.0942. The highest BCUT2D eigenvalue weighted by atomic mass is 79.9. The van der Waals surface area contributed by atoms with Crippen LogP contribution < -0.4 is 11.1 Å². The maximum absolute atomic E-state index is 12.4. The van der Waals surface area contributed by atoms with Crippen molar-refractivity contribution < 1.29 is 4.79 Å². The van der Waals surface area contributed by atoms with E-state index in [1.165, 1.54) is 0 Å². The first-order valence-electron chi connectivity index (χ1n) is 7.80. The molecular formula is C16H20BrN5O. The Morgan fingerprint density at radius 1 is 1.43 bits per heavy atom. The molecule has 0 spiro atoms. The Morgan fingerprint density at radius 3 is 2.74 bits per heavy atom. The lowest BCUT2D eigenvalue weighted by atomic mass is 10.1. The topological polar surface area (TPSA) is 85.8 Å². The third-order valence-electron chi connectivity index (χ3n) is 3.97. The number of hydrogen-bond acceptors (Lipinski definition) is 4. The van der Waals surface area contributed by atoms with Gasteiger partial charge in [0.15, 0.2) is 5.69 Å². The van der Waals surface area contributed by atoms with Crippen LogP contribution in [0.5, 0.6) is 0 Å². The molecule has 1 aliphatic carbocycles. The van der Waals surface area contributed by atoms with Crippen molar-refractivity contribution in [3.05, 3.63) is 40.1 Å². The number of benzene rings is 1. The second-order valence-electron chi connectivity index (χ2n) is 6.04. The summed E-state index contributed by atoms with van der Waals surface area (Å²) in [5.74, 6) is 0.432. The number of carbonyl (C=O) groups excluding carboxylic acids is 1. The highest BCUT2D eigenvalue weighted by molar-refractivity contribution is 9.10. The predicted octanol–water partition coefficient (Wildman–Crippen LogP) is 2.23. The lowest BCUT2D eigenvalue weighted by Crippen LogP contribution is -2.32. The summed E-state index contributed by atoms with van der Waals surface area (Å²) in [4.78, 5) is 12.4. The normalized spacial score (nSPS) is 15.4. The molecule has 0 bridgehead atoms. The summed E-state index contributed by atoms with van der Waals surface area (Å²) in [6.07, 6.45) is 2.15. The number of amides is 1. The predicted molar refractivity (Wildman–Crippen MR) is 91.6 cm³/mol. The van der Waals surface area contributed by atoms with Crippen molar-refractivity contribution in [3.8, 4) is 5.69 Å². The zero-order valence-corrected chi connectivity index (χ0v) is 14.6. The van der Waals surface area contributed by atoms with Gasteiger partial charge in [-0.2, -0.15) is 0 Å². The molecular weight excluding hydrogens is 358 g/mol. The smallest absolute Gasteiger partial charge is 0.273 e. The second-order valence-corrected chi connectivity index (χ2v) is 6.95. The van der Waals surface area contributed by atoms with E-state index in [1.807, 2.05) is 31.2 Å². The third-order valence-corrected chi connectivity index (χ3v) is 4.50. The monoisotopic (exact) mass is 377 g/mol. The van der Waals surface area contributed by atoms with Crippen molar-refractivity contribution in [1.29, 1.82) is 0 Å². The van der Waals surface area contributed by atoms with Crippen LogP contribution in [0.15, 0.2) is 28.7 Å². The molecule has 1 fully saturated rings. The van der Waals surface area contributed by atoms with E-state index in [9.17, 15) is 4.79 Å². The molecule has 0 aliphatic heterocycles. The lowest BCUT2D eigenvalue weighted by Gasteiger charge is -2.10. The van der Waals surface area contributed by atoms with Gasteiger partial charge in [-0.3, -0.25) is 4.79 Å². The quantitative estimate of drug-likeness (QED) is 0.807. The summed E-state index contributed by atoms with van der Waals surface area (Å²) >= 11 is 3.43. The summed E-state index contributed by atoms with van der Waals surface area (Å²) in [6, 6.07) is 7.83.